The van der Waals surface area contributed by atoms with E-state index in [1.54, 1.807) is 0 Å². The average molecular weight is 405 g/mol. The first-order valence-electron chi connectivity index (χ1n) is 10.4. The molecule has 4 rings (SSSR count). The molecule has 2 fully saturated rings. The molecule has 29 heavy (non-hydrogen) atoms. The van der Waals surface area contributed by atoms with E-state index in [1.807, 2.05) is 13.8 Å². The van der Waals surface area contributed by atoms with E-state index in [9.17, 15) is 4.79 Å². The number of aromatic nitrogens is 4. The number of hydrogen-bond donors (Lipinski definition) is 2. The van der Waals surface area contributed by atoms with Crippen LogP contribution in [0, 0.1) is 0 Å². The van der Waals surface area contributed by atoms with E-state index in [0.717, 1.165) is 65.6 Å². The Morgan fingerprint density at radius 2 is 1.83 bits per heavy atom. The van der Waals surface area contributed by atoms with Gasteiger partial charge in [0, 0.05) is 52.4 Å². The predicted octanol–water partition coefficient (Wildman–Crippen LogP) is 0.235. The van der Waals surface area contributed by atoms with Crippen LogP contribution in [0.1, 0.15) is 13.8 Å². The van der Waals surface area contributed by atoms with Crippen LogP contribution in [0.4, 0.5) is 11.8 Å². The summed E-state index contributed by atoms with van der Waals surface area (Å²) < 4.78 is 5.39. The van der Waals surface area contributed by atoms with Gasteiger partial charge in [0.15, 0.2) is 11.5 Å². The van der Waals surface area contributed by atoms with Crippen LogP contribution in [-0.2, 0) is 4.74 Å². The van der Waals surface area contributed by atoms with Crippen molar-refractivity contribution in [2.75, 3.05) is 82.8 Å². The van der Waals surface area contributed by atoms with E-state index >= 15 is 0 Å². The summed E-state index contributed by atoms with van der Waals surface area (Å²) in [5, 5.41) is 3.37. The maximum atomic E-state index is 11.7. The zero-order chi connectivity index (χ0) is 20.6. The topological polar surface area (TPSA) is 103 Å². The summed E-state index contributed by atoms with van der Waals surface area (Å²) in [4.78, 5) is 34.8. The molecule has 0 aliphatic carbocycles. The minimum absolute atomic E-state index is 0.255. The Morgan fingerprint density at radius 1 is 1.10 bits per heavy atom. The predicted molar refractivity (Wildman–Crippen MR) is 115 cm³/mol. The number of aromatic amines is 1. The van der Waals surface area contributed by atoms with Gasteiger partial charge in [0.05, 0.1) is 19.4 Å². The SMILES string of the molecule is CC.CN1CCN(c2nc(NCCN3CCOCC3)c3[nH]c(=O)cnc3n2)CC1. The van der Waals surface area contributed by atoms with Gasteiger partial charge in [-0.3, -0.25) is 9.69 Å². The Hall–Kier alpha value is -2.30. The van der Waals surface area contributed by atoms with E-state index in [1.165, 1.54) is 6.20 Å². The number of fused-ring (bicyclic) bond motifs is 1. The van der Waals surface area contributed by atoms with Gasteiger partial charge < -0.3 is 24.8 Å². The Bertz CT molecular complexity index is 829. The molecule has 0 atom stereocenters. The van der Waals surface area contributed by atoms with E-state index in [-0.39, 0.29) is 5.56 Å². The van der Waals surface area contributed by atoms with Crippen molar-refractivity contribution in [2.24, 2.45) is 0 Å². The van der Waals surface area contributed by atoms with Gasteiger partial charge in [0.1, 0.15) is 5.52 Å². The van der Waals surface area contributed by atoms with Crippen LogP contribution in [0.15, 0.2) is 11.0 Å². The molecule has 2 aromatic heterocycles. The molecule has 160 valence electrons. The molecule has 10 nitrogen and oxygen atoms in total. The normalized spacial score (nSPS) is 18.4. The lowest BCUT2D eigenvalue weighted by Gasteiger charge is -2.32. The second kappa shape index (κ2) is 10.5. The minimum Gasteiger partial charge on any atom is -0.379 e. The smallest absolute Gasteiger partial charge is 0.267 e. The van der Waals surface area contributed by atoms with Crippen LogP contribution in [-0.4, -0.2) is 102 Å². The molecule has 0 unspecified atom stereocenters. The molecular formula is C19H32N8O2. The first kappa shape index (κ1) is 21.4. The van der Waals surface area contributed by atoms with Gasteiger partial charge in [-0.05, 0) is 7.05 Å². The Kier molecular flexibility index (Phi) is 7.73. The van der Waals surface area contributed by atoms with Crippen molar-refractivity contribution < 1.29 is 4.74 Å². The van der Waals surface area contributed by atoms with Gasteiger partial charge in [-0.1, -0.05) is 13.8 Å². The zero-order valence-corrected chi connectivity index (χ0v) is 17.6. The molecule has 2 aromatic rings. The first-order chi connectivity index (χ1) is 14.2. The fourth-order valence-electron chi connectivity index (χ4n) is 3.35. The van der Waals surface area contributed by atoms with Crippen molar-refractivity contribution in [3.63, 3.8) is 0 Å². The third-order valence-corrected chi connectivity index (χ3v) is 5.04. The lowest BCUT2D eigenvalue weighted by atomic mass is 10.3. The zero-order valence-electron chi connectivity index (χ0n) is 17.6. The molecule has 4 heterocycles. The first-order valence-corrected chi connectivity index (χ1v) is 10.4. The van der Waals surface area contributed by atoms with Crippen molar-refractivity contribution in [1.29, 1.82) is 0 Å². The van der Waals surface area contributed by atoms with Gasteiger partial charge in [-0.25, -0.2) is 4.98 Å². The lowest BCUT2D eigenvalue weighted by molar-refractivity contribution is 0.0398. The van der Waals surface area contributed by atoms with Crippen LogP contribution in [0.25, 0.3) is 11.2 Å². The molecule has 2 aliphatic heterocycles. The average Bonchev–Trinajstić information content (AvgIpc) is 2.76. The Labute approximate surface area is 171 Å². The fourth-order valence-corrected chi connectivity index (χ4v) is 3.35. The maximum absolute atomic E-state index is 11.7. The van der Waals surface area contributed by atoms with Gasteiger partial charge >= 0.3 is 0 Å². The summed E-state index contributed by atoms with van der Waals surface area (Å²) in [6, 6.07) is 0. The van der Waals surface area contributed by atoms with Crippen molar-refractivity contribution >= 4 is 22.9 Å². The standard InChI is InChI=1S/C17H26N8O2.C2H6/c1-23-4-6-25(7-5-23)17-21-15(14-16(22-17)19-12-13(26)20-14)18-2-3-24-8-10-27-11-9-24;1-2/h12H,2-11H2,1H3,(H,20,26)(H,18,19,21,22);1-2H3. The van der Waals surface area contributed by atoms with E-state index in [2.05, 4.69) is 42.0 Å². The van der Waals surface area contributed by atoms with Gasteiger partial charge in [0.25, 0.3) is 5.56 Å². The highest BCUT2D eigenvalue weighted by Crippen LogP contribution is 2.20. The van der Waals surface area contributed by atoms with E-state index < -0.39 is 0 Å². The summed E-state index contributed by atoms with van der Waals surface area (Å²) in [7, 11) is 2.11. The number of anilines is 2. The number of hydrogen-bond acceptors (Lipinski definition) is 9. The van der Waals surface area contributed by atoms with Crippen LogP contribution in [0.2, 0.25) is 0 Å². The summed E-state index contributed by atoms with van der Waals surface area (Å²) >= 11 is 0. The Balaban J connectivity index is 0.00000117. The quantitative estimate of drug-likeness (QED) is 0.725. The Morgan fingerprint density at radius 3 is 2.55 bits per heavy atom. The van der Waals surface area contributed by atoms with Gasteiger partial charge in [0.2, 0.25) is 5.95 Å². The van der Waals surface area contributed by atoms with Gasteiger partial charge in [-0.2, -0.15) is 9.97 Å². The van der Waals surface area contributed by atoms with Gasteiger partial charge in [-0.15, -0.1) is 0 Å². The largest absolute Gasteiger partial charge is 0.379 e. The van der Waals surface area contributed by atoms with E-state index in [0.29, 0.717) is 22.9 Å². The summed E-state index contributed by atoms with van der Waals surface area (Å²) in [5.41, 5.74) is 0.810. The number of H-pyrrole nitrogens is 1. The number of rotatable bonds is 5. The van der Waals surface area contributed by atoms with Crippen molar-refractivity contribution in [3.8, 4) is 0 Å². The fraction of sp³-hybridized carbons (Fsp3) is 0.684. The van der Waals surface area contributed by atoms with Crippen molar-refractivity contribution in [1.82, 2.24) is 29.7 Å². The molecule has 0 saturated carbocycles. The molecule has 2 aliphatic rings. The van der Waals surface area contributed by atoms with Crippen LogP contribution in [0.3, 0.4) is 0 Å². The van der Waals surface area contributed by atoms with Crippen LogP contribution in [0.5, 0.6) is 0 Å². The lowest BCUT2D eigenvalue weighted by Crippen LogP contribution is -2.45. The number of morpholine rings is 1. The minimum atomic E-state index is -0.255. The number of nitrogens with one attached hydrogen (secondary N) is 2. The highest BCUT2D eigenvalue weighted by Gasteiger charge is 2.19. The number of ether oxygens (including phenoxy) is 1. The molecule has 0 bridgehead atoms. The molecule has 0 aromatic carbocycles. The van der Waals surface area contributed by atoms with Crippen LogP contribution < -0.4 is 15.8 Å². The highest BCUT2D eigenvalue weighted by molar-refractivity contribution is 5.83. The molecule has 2 saturated heterocycles. The molecular weight excluding hydrogens is 372 g/mol. The highest BCUT2D eigenvalue weighted by atomic mass is 16.5. The third-order valence-electron chi connectivity index (χ3n) is 5.04. The summed E-state index contributed by atoms with van der Waals surface area (Å²) in [6.45, 7) is 12.8. The molecule has 0 amide bonds. The molecule has 0 spiro atoms. The third kappa shape index (κ3) is 5.62. The number of piperazine rings is 1. The van der Waals surface area contributed by atoms with Crippen molar-refractivity contribution in [3.05, 3.63) is 16.6 Å². The monoisotopic (exact) mass is 404 g/mol. The number of likely N-dealkylation sites (N-methyl/N-ethyl adjacent to an activating group) is 1. The molecule has 0 radical (unpaired) electrons. The second-order valence-electron chi connectivity index (χ2n) is 6.99. The second-order valence-corrected chi connectivity index (χ2v) is 6.99. The molecule has 2 N–H and O–H groups in total. The number of nitrogens with zero attached hydrogens (tertiary/aromatic N) is 6. The molecule has 10 heteroatoms. The maximum Gasteiger partial charge on any atom is 0.267 e. The van der Waals surface area contributed by atoms with E-state index in [4.69, 9.17) is 9.72 Å². The van der Waals surface area contributed by atoms with Crippen molar-refractivity contribution in [2.45, 2.75) is 13.8 Å². The summed E-state index contributed by atoms with van der Waals surface area (Å²) in [5.74, 6) is 1.29. The van der Waals surface area contributed by atoms with Crippen LogP contribution >= 0.6 is 0 Å². The summed E-state index contributed by atoms with van der Waals surface area (Å²) in [6.07, 6.45) is 1.26.